The summed E-state index contributed by atoms with van der Waals surface area (Å²) >= 11 is 5.82. The van der Waals surface area contributed by atoms with Gasteiger partial charge in [-0.25, -0.2) is 13.1 Å². The molecule has 1 aromatic rings. The van der Waals surface area contributed by atoms with Crippen molar-refractivity contribution in [2.45, 2.75) is 24.3 Å². The van der Waals surface area contributed by atoms with Gasteiger partial charge in [0.05, 0.1) is 17.2 Å². The lowest BCUT2D eigenvalue weighted by Crippen LogP contribution is -2.46. The number of benzene rings is 1. The molecule has 17 heavy (non-hydrogen) atoms. The minimum atomic E-state index is -3.77. The highest BCUT2D eigenvalue weighted by Crippen LogP contribution is 2.24. The summed E-state index contributed by atoms with van der Waals surface area (Å²) in [6.07, 6.45) is 0. The van der Waals surface area contributed by atoms with Crippen LogP contribution in [0.4, 0.5) is 5.69 Å². The average molecular weight is 279 g/mol. The molecule has 0 unspecified atom stereocenters. The Labute approximate surface area is 106 Å². The summed E-state index contributed by atoms with van der Waals surface area (Å²) in [6, 6.07) is 4.14. The monoisotopic (exact) mass is 278 g/mol. The molecule has 1 aromatic carbocycles. The molecular weight excluding hydrogens is 264 g/mol. The van der Waals surface area contributed by atoms with Crippen molar-refractivity contribution in [3.8, 4) is 0 Å². The second-order valence-corrected chi connectivity index (χ2v) is 6.40. The van der Waals surface area contributed by atoms with Gasteiger partial charge < -0.3 is 10.8 Å². The highest BCUT2D eigenvalue weighted by Gasteiger charge is 2.27. The quantitative estimate of drug-likeness (QED) is 0.716. The minimum absolute atomic E-state index is 0.0474. The zero-order chi connectivity index (χ0) is 13.3. The van der Waals surface area contributed by atoms with Crippen molar-refractivity contribution in [1.29, 1.82) is 0 Å². The van der Waals surface area contributed by atoms with Crippen LogP contribution in [0.1, 0.15) is 13.8 Å². The van der Waals surface area contributed by atoms with Gasteiger partial charge in [0.1, 0.15) is 4.90 Å². The summed E-state index contributed by atoms with van der Waals surface area (Å²) in [7, 11) is -3.77. The van der Waals surface area contributed by atoms with Gasteiger partial charge >= 0.3 is 0 Å². The van der Waals surface area contributed by atoms with Gasteiger partial charge in [0.2, 0.25) is 10.0 Å². The van der Waals surface area contributed by atoms with Gasteiger partial charge in [0.25, 0.3) is 0 Å². The molecule has 4 N–H and O–H groups in total. The highest BCUT2D eigenvalue weighted by molar-refractivity contribution is 7.89. The molecule has 0 atom stereocenters. The molecule has 1 rings (SSSR count). The Kier molecular flexibility index (Phi) is 4.03. The van der Waals surface area contributed by atoms with Crippen molar-refractivity contribution in [2.75, 3.05) is 12.3 Å². The zero-order valence-corrected chi connectivity index (χ0v) is 11.1. The van der Waals surface area contributed by atoms with Crippen molar-refractivity contribution in [3.05, 3.63) is 23.2 Å². The predicted octanol–water partition coefficient (Wildman–Crippen LogP) is 0.971. The fourth-order valence-electron chi connectivity index (χ4n) is 1.19. The Morgan fingerprint density at radius 3 is 2.53 bits per heavy atom. The predicted molar refractivity (Wildman–Crippen MR) is 67.4 cm³/mol. The van der Waals surface area contributed by atoms with E-state index in [0.29, 0.717) is 5.69 Å². The first-order chi connectivity index (χ1) is 7.68. The summed E-state index contributed by atoms with van der Waals surface area (Å²) in [4.78, 5) is -0.0603. The van der Waals surface area contributed by atoms with Crippen LogP contribution in [0, 0.1) is 0 Å². The second-order valence-electron chi connectivity index (χ2n) is 4.34. The summed E-state index contributed by atoms with van der Waals surface area (Å²) in [5, 5.41) is 9.09. The fraction of sp³-hybridized carbons (Fsp3) is 0.400. The van der Waals surface area contributed by atoms with Crippen LogP contribution in [0.3, 0.4) is 0 Å². The first-order valence-electron chi connectivity index (χ1n) is 4.88. The van der Waals surface area contributed by atoms with Gasteiger partial charge in [0.15, 0.2) is 0 Å². The standard InChI is InChI=1S/C10H15ClN2O3S/c1-10(2,6-14)13-17(15,16)9-4-3-7(12)5-8(9)11/h3-5,13-14H,6,12H2,1-2H3. The van der Waals surface area contributed by atoms with Crippen molar-refractivity contribution in [3.63, 3.8) is 0 Å². The maximum atomic E-state index is 12.0. The van der Waals surface area contributed by atoms with E-state index in [-0.39, 0.29) is 16.5 Å². The smallest absolute Gasteiger partial charge is 0.242 e. The third-order valence-electron chi connectivity index (χ3n) is 2.05. The van der Waals surface area contributed by atoms with Crippen molar-refractivity contribution in [1.82, 2.24) is 4.72 Å². The number of aliphatic hydroxyl groups excluding tert-OH is 1. The van der Waals surface area contributed by atoms with Crippen molar-refractivity contribution >= 4 is 27.3 Å². The van der Waals surface area contributed by atoms with E-state index in [4.69, 9.17) is 22.4 Å². The van der Waals surface area contributed by atoms with E-state index in [9.17, 15) is 8.42 Å². The van der Waals surface area contributed by atoms with Crippen LogP contribution in [0.25, 0.3) is 0 Å². The average Bonchev–Trinajstić information content (AvgIpc) is 2.15. The lowest BCUT2D eigenvalue weighted by atomic mass is 10.1. The van der Waals surface area contributed by atoms with Crippen LogP contribution in [-0.2, 0) is 10.0 Å². The number of aliphatic hydroxyl groups is 1. The molecule has 0 radical (unpaired) electrons. The number of hydrogen-bond donors (Lipinski definition) is 3. The number of sulfonamides is 1. The molecule has 96 valence electrons. The van der Waals surface area contributed by atoms with Gasteiger partial charge in [-0.15, -0.1) is 0 Å². The Morgan fingerprint density at radius 1 is 1.47 bits per heavy atom. The summed E-state index contributed by atoms with van der Waals surface area (Å²) in [5.41, 5.74) is 4.91. The number of rotatable bonds is 4. The molecular formula is C10H15ClN2O3S. The molecule has 0 fully saturated rings. The van der Waals surface area contributed by atoms with Gasteiger partial charge in [-0.1, -0.05) is 11.6 Å². The maximum absolute atomic E-state index is 12.0. The molecule has 7 heteroatoms. The number of nitrogens with two attached hydrogens (primary N) is 1. The van der Waals surface area contributed by atoms with E-state index in [1.54, 1.807) is 13.8 Å². The zero-order valence-electron chi connectivity index (χ0n) is 9.57. The number of nitrogen functional groups attached to an aromatic ring is 1. The minimum Gasteiger partial charge on any atom is -0.399 e. The number of halogens is 1. The molecule has 0 saturated carbocycles. The lowest BCUT2D eigenvalue weighted by Gasteiger charge is -2.23. The summed E-state index contributed by atoms with van der Waals surface area (Å²) in [6.45, 7) is 2.81. The number of hydrogen-bond acceptors (Lipinski definition) is 4. The van der Waals surface area contributed by atoms with E-state index >= 15 is 0 Å². The van der Waals surface area contributed by atoms with Gasteiger partial charge in [-0.2, -0.15) is 0 Å². The Balaban J connectivity index is 3.14. The van der Waals surface area contributed by atoms with Gasteiger partial charge in [-0.05, 0) is 32.0 Å². The first-order valence-corrected chi connectivity index (χ1v) is 6.74. The van der Waals surface area contributed by atoms with E-state index in [1.807, 2.05) is 0 Å². The SMILES string of the molecule is CC(C)(CO)NS(=O)(=O)c1ccc(N)cc1Cl. The number of anilines is 1. The number of nitrogens with one attached hydrogen (secondary N) is 1. The van der Waals surface area contributed by atoms with E-state index in [1.165, 1.54) is 18.2 Å². The van der Waals surface area contributed by atoms with Crippen LogP contribution in [0.15, 0.2) is 23.1 Å². The molecule has 5 nitrogen and oxygen atoms in total. The molecule has 0 spiro atoms. The molecule has 0 aromatic heterocycles. The molecule has 0 heterocycles. The third-order valence-corrected chi connectivity index (χ3v) is 4.23. The topological polar surface area (TPSA) is 92.4 Å². The van der Waals surface area contributed by atoms with Crippen LogP contribution in [0.2, 0.25) is 5.02 Å². The lowest BCUT2D eigenvalue weighted by molar-refractivity contribution is 0.208. The third kappa shape index (κ3) is 3.57. The van der Waals surface area contributed by atoms with Gasteiger partial charge in [-0.3, -0.25) is 0 Å². The van der Waals surface area contributed by atoms with Crippen LogP contribution < -0.4 is 10.5 Å². The normalized spacial score (nSPS) is 12.7. The molecule has 0 aliphatic carbocycles. The Hall–Kier alpha value is -0.820. The molecule has 0 aliphatic rings. The maximum Gasteiger partial charge on any atom is 0.242 e. The van der Waals surface area contributed by atoms with E-state index in [2.05, 4.69) is 4.72 Å². The second kappa shape index (κ2) is 4.81. The molecule has 0 aliphatic heterocycles. The van der Waals surface area contributed by atoms with Crippen molar-refractivity contribution < 1.29 is 13.5 Å². The van der Waals surface area contributed by atoms with Crippen LogP contribution in [-0.4, -0.2) is 25.7 Å². The van der Waals surface area contributed by atoms with E-state index in [0.717, 1.165) is 0 Å². The molecule has 0 saturated heterocycles. The highest BCUT2D eigenvalue weighted by atomic mass is 35.5. The Bertz CT molecular complexity index is 514. The fourth-order valence-corrected chi connectivity index (χ4v) is 3.14. The van der Waals surface area contributed by atoms with Crippen molar-refractivity contribution in [2.24, 2.45) is 0 Å². The summed E-state index contributed by atoms with van der Waals surface area (Å²) in [5.74, 6) is 0. The largest absolute Gasteiger partial charge is 0.399 e. The molecule has 0 bridgehead atoms. The Morgan fingerprint density at radius 2 is 2.06 bits per heavy atom. The molecule has 0 amide bonds. The first kappa shape index (κ1) is 14.2. The summed E-state index contributed by atoms with van der Waals surface area (Å²) < 4.78 is 26.3. The van der Waals surface area contributed by atoms with Crippen LogP contribution >= 0.6 is 11.6 Å². The van der Waals surface area contributed by atoms with E-state index < -0.39 is 15.6 Å². The van der Waals surface area contributed by atoms with Crippen LogP contribution in [0.5, 0.6) is 0 Å². The van der Waals surface area contributed by atoms with Gasteiger partial charge in [0, 0.05) is 5.69 Å².